The van der Waals surface area contributed by atoms with Crippen molar-refractivity contribution in [1.29, 1.82) is 0 Å². The van der Waals surface area contributed by atoms with Crippen LogP contribution in [0, 0.1) is 13.8 Å². The quantitative estimate of drug-likeness (QED) is 0.858. The van der Waals surface area contributed by atoms with Crippen molar-refractivity contribution in [3.8, 4) is 0 Å². The van der Waals surface area contributed by atoms with Crippen LogP contribution in [0.1, 0.15) is 34.3 Å². The Balaban J connectivity index is 2.16. The first-order chi connectivity index (χ1) is 9.63. The monoisotopic (exact) mass is 291 g/mol. The predicted octanol–water partition coefficient (Wildman–Crippen LogP) is 2.73. The van der Waals surface area contributed by atoms with Gasteiger partial charge in [0.25, 0.3) is 5.91 Å². The molecule has 0 spiro atoms. The van der Waals surface area contributed by atoms with Crippen LogP contribution in [0.15, 0.2) is 27.9 Å². The van der Waals surface area contributed by atoms with Crippen LogP contribution in [-0.4, -0.2) is 22.6 Å². The number of rotatable bonds is 5. The molecular weight excluding hydrogens is 274 g/mol. The Kier molecular flexibility index (Phi) is 4.79. The summed E-state index contributed by atoms with van der Waals surface area (Å²) in [4.78, 5) is 16.3. The standard InChI is InChI=1S/C14H17N3O2S/c1-4-15-13(18)11-6-5-7-16-14(11)20-8-12-9(2)17-19-10(12)3/h5-7H,4,8H2,1-3H3,(H,15,18). The summed E-state index contributed by atoms with van der Waals surface area (Å²) in [5.41, 5.74) is 2.54. The highest BCUT2D eigenvalue weighted by atomic mass is 32.2. The van der Waals surface area contributed by atoms with Gasteiger partial charge in [0.05, 0.1) is 11.3 Å². The van der Waals surface area contributed by atoms with Gasteiger partial charge in [0.15, 0.2) is 0 Å². The second-order valence-electron chi connectivity index (χ2n) is 4.31. The molecule has 20 heavy (non-hydrogen) atoms. The Morgan fingerprint density at radius 2 is 2.25 bits per heavy atom. The van der Waals surface area contributed by atoms with Crippen molar-refractivity contribution < 1.29 is 9.32 Å². The van der Waals surface area contributed by atoms with Crippen molar-refractivity contribution in [2.24, 2.45) is 0 Å². The number of carbonyl (C=O) groups is 1. The summed E-state index contributed by atoms with van der Waals surface area (Å²) < 4.78 is 5.14. The van der Waals surface area contributed by atoms with Crippen LogP contribution in [0.25, 0.3) is 0 Å². The summed E-state index contributed by atoms with van der Waals surface area (Å²) in [6, 6.07) is 3.55. The van der Waals surface area contributed by atoms with Crippen LogP contribution in [0.4, 0.5) is 0 Å². The molecule has 0 aliphatic rings. The zero-order chi connectivity index (χ0) is 14.5. The summed E-state index contributed by atoms with van der Waals surface area (Å²) in [5.74, 6) is 1.40. The van der Waals surface area contributed by atoms with Gasteiger partial charge >= 0.3 is 0 Å². The molecule has 0 saturated carbocycles. The summed E-state index contributed by atoms with van der Waals surface area (Å²) in [7, 11) is 0. The lowest BCUT2D eigenvalue weighted by molar-refractivity contribution is 0.0952. The molecule has 2 aromatic rings. The van der Waals surface area contributed by atoms with Crippen LogP contribution < -0.4 is 5.32 Å². The van der Waals surface area contributed by atoms with Crippen molar-refractivity contribution in [3.05, 3.63) is 40.9 Å². The number of aromatic nitrogens is 2. The number of thioether (sulfide) groups is 1. The fourth-order valence-electron chi connectivity index (χ4n) is 1.78. The third-order valence-corrected chi connectivity index (χ3v) is 3.92. The van der Waals surface area contributed by atoms with Crippen LogP contribution in [-0.2, 0) is 5.75 Å². The van der Waals surface area contributed by atoms with Crippen molar-refractivity contribution >= 4 is 17.7 Å². The van der Waals surface area contributed by atoms with Gasteiger partial charge in [-0.15, -0.1) is 11.8 Å². The number of hydrogen-bond donors (Lipinski definition) is 1. The number of hydrogen-bond acceptors (Lipinski definition) is 5. The Morgan fingerprint density at radius 3 is 2.90 bits per heavy atom. The Labute approximate surface area is 122 Å². The lowest BCUT2D eigenvalue weighted by atomic mass is 10.2. The normalized spacial score (nSPS) is 10.6. The molecule has 5 nitrogen and oxygen atoms in total. The minimum absolute atomic E-state index is 0.0955. The zero-order valence-corrected chi connectivity index (χ0v) is 12.6. The van der Waals surface area contributed by atoms with E-state index in [1.807, 2.05) is 20.8 Å². The molecule has 0 aromatic carbocycles. The number of amides is 1. The average molecular weight is 291 g/mol. The average Bonchev–Trinajstić information content (AvgIpc) is 2.76. The molecule has 1 N–H and O–H groups in total. The van der Waals surface area contributed by atoms with E-state index < -0.39 is 0 Å². The van der Waals surface area contributed by atoms with Gasteiger partial charge in [-0.1, -0.05) is 5.16 Å². The van der Waals surface area contributed by atoms with Gasteiger partial charge in [0.1, 0.15) is 10.8 Å². The van der Waals surface area contributed by atoms with Crippen LogP contribution in [0.2, 0.25) is 0 Å². The van der Waals surface area contributed by atoms with E-state index >= 15 is 0 Å². The van der Waals surface area contributed by atoms with Crippen molar-refractivity contribution in [2.45, 2.75) is 31.6 Å². The van der Waals surface area contributed by atoms with E-state index in [1.54, 1.807) is 18.3 Å². The van der Waals surface area contributed by atoms with Gasteiger partial charge in [-0.3, -0.25) is 4.79 Å². The molecule has 0 unspecified atom stereocenters. The van der Waals surface area contributed by atoms with E-state index in [9.17, 15) is 4.79 Å². The molecule has 6 heteroatoms. The molecule has 0 saturated heterocycles. The van der Waals surface area contributed by atoms with Gasteiger partial charge in [-0.25, -0.2) is 4.98 Å². The first kappa shape index (κ1) is 14.6. The Hall–Kier alpha value is -1.82. The molecule has 0 aliphatic heterocycles. The molecule has 2 rings (SSSR count). The summed E-state index contributed by atoms with van der Waals surface area (Å²) in [5, 5.41) is 7.44. The third-order valence-electron chi connectivity index (χ3n) is 2.89. The number of carbonyl (C=O) groups excluding carboxylic acids is 1. The summed E-state index contributed by atoms with van der Waals surface area (Å²) >= 11 is 1.52. The van der Waals surface area contributed by atoms with Gasteiger partial charge in [0.2, 0.25) is 0 Å². The van der Waals surface area contributed by atoms with Crippen LogP contribution >= 0.6 is 11.8 Å². The maximum absolute atomic E-state index is 12.0. The summed E-state index contributed by atoms with van der Waals surface area (Å²) in [6.07, 6.45) is 1.69. The molecule has 0 fully saturated rings. The lowest BCUT2D eigenvalue weighted by Crippen LogP contribution is -2.23. The number of pyridine rings is 1. The zero-order valence-electron chi connectivity index (χ0n) is 11.8. The number of nitrogens with zero attached hydrogens (tertiary/aromatic N) is 2. The topological polar surface area (TPSA) is 68.0 Å². The van der Waals surface area contributed by atoms with Gasteiger partial charge in [-0.2, -0.15) is 0 Å². The van der Waals surface area contributed by atoms with Crippen LogP contribution in [0.3, 0.4) is 0 Å². The van der Waals surface area contributed by atoms with Crippen LogP contribution in [0.5, 0.6) is 0 Å². The van der Waals surface area contributed by atoms with E-state index in [2.05, 4.69) is 15.5 Å². The van der Waals surface area contributed by atoms with Crippen molar-refractivity contribution in [1.82, 2.24) is 15.5 Å². The lowest BCUT2D eigenvalue weighted by Gasteiger charge is -2.07. The minimum Gasteiger partial charge on any atom is -0.361 e. The smallest absolute Gasteiger partial charge is 0.254 e. The Morgan fingerprint density at radius 1 is 1.45 bits per heavy atom. The molecule has 106 valence electrons. The highest BCUT2D eigenvalue weighted by Gasteiger charge is 2.14. The highest BCUT2D eigenvalue weighted by Crippen LogP contribution is 2.27. The molecule has 2 heterocycles. The second-order valence-corrected chi connectivity index (χ2v) is 5.27. The maximum Gasteiger partial charge on any atom is 0.254 e. The molecular formula is C14H17N3O2S. The SMILES string of the molecule is CCNC(=O)c1cccnc1SCc1c(C)noc1C. The fourth-order valence-corrected chi connectivity index (χ4v) is 2.93. The van der Waals surface area contributed by atoms with Gasteiger partial charge in [-0.05, 0) is 32.9 Å². The first-order valence-electron chi connectivity index (χ1n) is 6.41. The van der Waals surface area contributed by atoms with E-state index in [0.717, 1.165) is 22.0 Å². The highest BCUT2D eigenvalue weighted by molar-refractivity contribution is 7.98. The largest absolute Gasteiger partial charge is 0.361 e. The van der Waals surface area contributed by atoms with E-state index in [-0.39, 0.29) is 5.91 Å². The molecule has 0 bridgehead atoms. The number of nitrogens with one attached hydrogen (secondary N) is 1. The number of aryl methyl sites for hydroxylation is 2. The van der Waals surface area contributed by atoms with Crippen molar-refractivity contribution in [3.63, 3.8) is 0 Å². The molecule has 0 radical (unpaired) electrons. The second kappa shape index (κ2) is 6.56. The van der Waals surface area contributed by atoms with E-state index in [4.69, 9.17) is 4.52 Å². The van der Waals surface area contributed by atoms with Gasteiger partial charge < -0.3 is 9.84 Å². The third kappa shape index (κ3) is 3.19. The molecule has 0 atom stereocenters. The minimum atomic E-state index is -0.0955. The first-order valence-corrected chi connectivity index (χ1v) is 7.39. The predicted molar refractivity (Wildman–Crippen MR) is 77.8 cm³/mol. The van der Waals surface area contributed by atoms with Gasteiger partial charge in [0, 0.05) is 24.1 Å². The molecule has 1 amide bonds. The Bertz CT molecular complexity index is 591. The van der Waals surface area contributed by atoms with E-state index in [0.29, 0.717) is 17.9 Å². The maximum atomic E-state index is 12.0. The fraction of sp³-hybridized carbons (Fsp3) is 0.357. The van der Waals surface area contributed by atoms with Crippen molar-refractivity contribution in [2.75, 3.05) is 6.54 Å². The molecule has 0 aliphatic carbocycles. The summed E-state index contributed by atoms with van der Waals surface area (Å²) in [6.45, 7) is 6.29. The molecule has 2 aromatic heterocycles. The van der Waals surface area contributed by atoms with E-state index in [1.165, 1.54) is 11.8 Å².